The third kappa shape index (κ3) is 4.21. The van der Waals surface area contributed by atoms with Crippen LogP contribution in [0.25, 0.3) is 0 Å². The van der Waals surface area contributed by atoms with Crippen LogP contribution < -0.4 is 5.32 Å². The van der Waals surface area contributed by atoms with Crippen LogP contribution in [-0.2, 0) is 14.4 Å². The molecule has 9 heteroatoms. The normalized spacial score (nSPS) is 14.7. The molecule has 106 valence electrons. The molecule has 0 bridgehead atoms. The van der Waals surface area contributed by atoms with Crippen molar-refractivity contribution >= 4 is 34.7 Å². The van der Waals surface area contributed by atoms with E-state index in [1.54, 1.807) is 0 Å². The van der Waals surface area contributed by atoms with Crippen molar-refractivity contribution in [2.45, 2.75) is 0 Å². The fraction of sp³-hybridized carbons (Fsp3) is 0.600. The van der Waals surface area contributed by atoms with E-state index >= 15 is 0 Å². The number of carbonyl (C=O) groups is 4. The lowest BCUT2D eigenvalue weighted by molar-refractivity contribution is -0.145. The van der Waals surface area contributed by atoms with E-state index in [4.69, 9.17) is 5.11 Å². The van der Waals surface area contributed by atoms with Gasteiger partial charge in [-0.2, -0.15) is 0 Å². The number of hydrogen-bond acceptors (Lipinski definition) is 6. The molecule has 4 amide bonds. The summed E-state index contributed by atoms with van der Waals surface area (Å²) in [6, 6.07) is 0. The summed E-state index contributed by atoms with van der Waals surface area (Å²) in [5.41, 5.74) is 0. The summed E-state index contributed by atoms with van der Waals surface area (Å²) >= 11 is 0.912. The maximum Gasteiger partial charge on any atom is 0.311 e. The van der Waals surface area contributed by atoms with Crippen molar-refractivity contribution in [1.82, 2.24) is 15.1 Å². The second-order valence-corrected chi connectivity index (χ2v) is 4.73. The standard InChI is InChI=1S/C10H15N3O5S/c1-12(4-5-14)9(17)8(16)11-2-3-13-7(15)6-19-10(13)18/h14H,2-6H2,1H3,(H,11,16). The SMILES string of the molecule is CN(CCO)C(=O)C(=O)NCCN1C(=O)CSC1=O. The second-order valence-electron chi connectivity index (χ2n) is 3.81. The van der Waals surface area contributed by atoms with Crippen LogP contribution in [0, 0.1) is 0 Å². The van der Waals surface area contributed by atoms with E-state index in [0.29, 0.717) is 0 Å². The highest BCUT2D eigenvalue weighted by molar-refractivity contribution is 8.14. The molecule has 0 aliphatic carbocycles. The Morgan fingerprint density at radius 2 is 2.16 bits per heavy atom. The third-order valence-electron chi connectivity index (χ3n) is 2.44. The van der Waals surface area contributed by atoms with E-state index in [2.05, 4.69) is 5.32 Å². The Balaban J connectivity index is 2.32. The van der Waals surface area contributed by atoms with E-state index in [1.165, 1.54) is 7.05 Å². The van der Waals surface area contributed by atoms with Gasteiger partial charge in [0.15, 0.2) is 0 Å². The van der Waals surface area contributed by atoms with Crippen LogP contribution >= 0.6 is 11.8 Å². The number of thioether (sulfide) groups is 1. The minimum absolute atomic E-state index is 0.0234. The number of nitrogens with one attached hydrogen (secondary N) is 1. The van der Waals surface area contributed by atoms with Gasteiger partial charge in [-0.3, -0.25) is 24.1 Å². The number of aliphatic hydroxyl groups excluding tert-OH is 1. The van der Waals surface area contributed by atoms with E-state index in [1.807, 2.05) is 0 Å². The van der Waals surface area contributed by atoms with Gasteiger partial charge in [-0.15, -0.1) is 0 Å². The van der Waals surface area contributed by atoms with E-state index in [9.17, 15) is 19.2 Å². The summed E-state index contributed by atoms with van der Waals surface area (Å²) in [7, 11) is 1.39. The van der Waals surface area contributed by atoms with Gasteiger partial charge >= 0.3 is 11.8 Å². The molecule has 0 unspecified atom stereocenters. The number of likely N-dealkylation sites (N-methyl/N-ethyl adjacent to an activating group) is 1. The first-order chi connectivity index (χ1) is 8.97. The smallest absolute Gasteiger partial charge is 0.311 e. The maximum atomic E-state index is 11.4. The van der Waals surface area contributed by atoms with Gasteiger partial charge in [0, 0.05) is 26.7 Å². The van der Waals surface area contributed by atoms with Crippen LogP contribution in [0.15, 0.2) is 0 Å². The van der Waals surface area contributed by atoms with Crippen molar-refractivity contribution in [3.05, 3.63) is 0 Å². The summed E-state index contributed by atoms with van der Waals surface area (Å²) in [4.78, 5) is 47.5. The number of hydrogen-bond donors (Lipinski definition) is 2. The maximum absolute atomic E-state index is 11.4. The zero-order chi connectivity index (χ0) is 14.4. The van der Waals surface area contributed by atoms with Crippen molar-refractivity contribution in [3.8, 4) is 0 Å². The van der Waals surface area contributed by atoms with Gasteiger partial charge in [-0.1, -0.05) is 11.8 Å². The Morgan fingerprint density at radius 3 is 2.68 bits per heavy atom. The predicted molar refractivity (Wildman–Crippen MR) is 67.3 cm³/mol. The van der Waals surface area contributed by atoms with Gasteiger partial charge < -0.3 is 15.3 Å². The second kappa shape index (κ2) is 7.10. The summed E-state index contributed by atoms with van der Waals surface area (Å²) in [5, 5.41) is 10.6. The summed E-state index contributed by atoms with van der Waals surface area (Å²) in [6.07, 6.45) is 0. The molecule has 1 heterocycles. The number of imide groups is 1. The number of nitrogens with zero attached hydrogens (tertiary/aromatic N) is 2. The molecule has 0 aromatic rings. The molecular formula is C10H15N3O5S. The molecule has 1 saturated heterocycles. The van der Waals surface area contributed by atoms with Gasteiger partial charge in [0.25, 0.3) is 5.24 Å². The van der Waals surface area contributed by atoms with Crippen LogP contribution in [0.4, 0.5) is 4.79 Å². The predicted octanol–water partition coefficient (Wildman–Crippen LogP) is -1.75. The zero-order valence-corrected chi connectivity index (χ0v) is 11.2. The Labute approximate surface area is 114 Å². The number of amides is 4. The minimum atomic E-state index is -0.831. The van der Waals surface area contributed by atoms with Gasteiger partial charge in [-0.05, 0) is 0 Å². The van der Waals surface area contributed by atoms with Crippen molar-refractivity contribution in [3.63, 3.8) is 0 Å². The van der Waals surface area contributed by atoms with Crippen LogP contribution in [0.1, 0.15) is 0 Å². The topological polar surface area (TPSA) is 107 Å². The molecule has 1 aliphatic heterocycles. The lowest BCUT2D eigenvalue weighted by atomic mass is 10.4. The molecule has 19 heavy (non-hydrogen) atoms. The zero-order valence-electron chi connectivity index (χ0n) is 10.4. The van der Waals surface area contributed by atoms with Crippen molar-refractivity contribution in [2.24, 2.45) is 0 Å². The van der Waals surface area contributed by atoms with Crippen molar-refractivity contribution in [2.75, 3.05) is 39.0 Å². The van der Waals surface area contributed by atoms with E-state index in [-0.39, 0.29) is 43.1 Å². The lowest BCUT2D eigenvalue weighted by Crippen LogP contribution is -2.45. The Bertz CT molecular complexity index is 385. The summed E-state index contributed by atoms with van der Waals surface area (Å²) < 4.78 is 0. The van der Waals surface area contributed by atoms with E-state index in [0.717, 1.165) is 21.6 Å². The molecule has 0 saturated carbocycles. The average molecular weight is 289 g/mol. The average Bonchev–Trinajstić information content (AvgIpc) is 2.69. The van der Waals surface area contributed by atoms with Crippen molar-refractivity contribution < 1.29 is 24.3 Å². The van der Waals surface area contributed by atoms with E-state index < -0.39 is 11.8 Å². The van der Waals surface area contributed by atoms with Gasteiger partial charge in [0.1, 0.15) is 0 Å². The van der Waals surface area contributed by atoms with Crippen LogP contribution in [0.3, 0.4) is 0 Å². The third-order valence-corrected chi connectivity index (χ3v) is 3.30. The fourth-order valence-electron chi connectivity index (χ4n) is 1.38. The highest BCUT2D eigenvalue weighted by atomic mass is 32.2. The summed E-state index contributed by atoms with van der Waals surface area (Å²) in [6.45, 7) is -0.0987. The first-order valence-corrected chi connectivity index (χ1v) is 6.57. The van der Waals surface area contributed by atoms with Crippen LogP contribution in [0.2, 0.25) is 0 Å². The quantitative estimate of drug-likeness (QED) is 0.581. The van der Waals surface area contributed by atoms with Gasteiger partial charge in [-0.25, -0.2) is 0 Å². The molecule has 0 aromatic carbocycles. The van der Waals surface area contributed by atoms with Crippen LogP contribution in [0.5, 0.6) is 0 Å². The van der Waals surface area contributed by atoms with Crippen LogP contribution in [-0.4, -0.2) is 76.9 Å². The Morgan fingerprint density at radius 1 is 1.47 bits per heavy atom. The molecule has 0 aromatic heterocycles. The molecule has 1 fully saturated rings. The Hall–Kier alpha value is -1.61. The molecule has 0 atom stereocenters. The Kier molecular flexibility index (Phi) is 5.77. The fourth-order valence-corrected chi connectivity index (χ4v) is 2.13. The van der Waals surface area contributed by atoms with Gasteiger partial charge in [0.05, 0.1) is 12.4 Å². The summed E-state index contributed by atoms with van der Waals surface area (Å²) in [5.74, 6) is -1.79. The molecule has 8 nitrogen and oxygen atoms in total. The molecule has 0 radical (unpaired) electrons. The number of aliphatic hydroxyl groups is 1. The molecule has 1 aliphatic rings. The molecule has 0 spiro atoms. The highest BCUT2D eigenvalue weighted by Crippen LogP contribution is 2.17. The molecule has 1 rings (SSSR count). The first kappa shape index (κ1) is 15.4. The molecular weight excluding hydrogens is 274 g/mol. The largest absolute Gasteiger partial charge is 0.395 e. The lowest BCUT2D eigenvalue weighted by Gasteiger charge is -2.16. The first-order valence-electron chi connectivity index (χ1n) is 5.58. The highest BCUT2D eigenvalue weighted by Gasteiger charge is 2.29. The molecule has 2 N–H and O–H groups in total. The minimum Gasteiger partial charge on any atom is -0.395 e. The number of carbonyl (C=O) groups excluding carboxylic acids is 4. The van der Waals surface area contributed by atoms with Gasteiger partial charge in [0.2, 0.25) is 5.91 Å². The van der Waals surface area contributed by atoms with Crippen molar-refractivity contribution in [1.29, 1.82) is 0 Å². The number of rotatable bonds is 5. The monoisotopic (exact) mass is 289 g/mol.